The minimum Gasteiger partial charge on any atom is -0.494 e. The van der Waals surface area contributed by atoms with Gasteiger partial charge in [0.2, 0.25) is 0 Å². The number of aromatic hydroxyl groups is 1. The van der Waals surface area contributed by atoms with Crippen molar-refractivity contribution < 1.29 is 5.11 Å². The van der Waals surface area contributed by atoms with Gasteiger partial charge in [-0.1, -0.05) is 48.5 Å². The van der Waals surface area contributed by atoms with E-state index < -0.39 is 0 Å². The van der Waals surface area contributed by atoms with Gasteiger partial charge in [-0.25, -0.2) is 0 Å². The summed E-state index contributed by atoms with van der Waals surface area (Å²) in [6, 6.07) is 19.9. The van der Waals surface area contributed by atoms with Crippen LogP contribution >= 0.6 is 0 Å². The van der Waals surface area contributed by atoms with Gasteiger partial charge in [0.05, 0.1) is 0 Å². The first kappa shape index (κ1) is 21.2. The SMILES string of the molecule is Oc1c2ccccc2cn1CC1(N2CCN(C3CC3)CC2)CCN(Cc2ccccc2)CC1. The Hall–Kier alpha value is -2.34. The largest absolute Gasteiger partial charge is 0.494 e. The summed E-state index contributed by atoms with van der Waals surface area (Å²) in [6.07, 6.45) is 7.24. The Kier molecular flexibility index (Phi) is 5.65. The van der Waals surface area contributed by atoms with Gasteiger partial charge in [-0.2, -0.15) is 0 Å². The molecule has 2 aliphatic heterocycles. The molecule has 0 unspecified atom stereocenters. The molecule has 3 heterocycles. The molecule has 5 heteroatoms. The van der Waals surface area contributed by atoms with Gasteiger partial charge in [-0.05, 0) is 37.3 Å². The summed E-state index contributed by atoms with van der Waals surface area (Å²) in [7, 11) is 0. The van der Waals surface area contributed by atoms with Crippen molar-refractivity contribution in [3.63, 3.8) is 0 Å². The van der Waals surface area contributed by atoms with Crippen LogP contribution in [-0.2, 0) is 13.1 Å². The highest BCUT2D eigenvalue weighted by atomic mass is 16.3. The number of piperazine rings is 1. The zero-order valence-electron chi connectivity index (χ0n) is 19.6. The molecule has 0 amide bonds. The number of rotatable bonds is 6. The molecule has 1 aliphatic carbocycles. The average molecular weight is 445 g/mol. The fourth-order valence-electron chi connectivity index (χ4n) is 6.18. The molecule has 6 rings (SSSR count). The van der Waals surface area contributed by atoms with Crippen molar-refractivity contribution >= 4 is 10.8 Å². The highest BCUT2D eigenvalue weighted by molar-refractivity contribution is 5.87. The Labute approximate surface area is 197 Å². The van der Waals surface area contributed by atoms with Gasteiger partial charge >= 0.3 is 0 Å². The number of likely N-dealkylation sites (tertiary alicyclic amines) is 1. The second-order valence-electron chi connectivity index (χ2n) is 10.4. The summed E-state index contributed by atoms with van der Waals surface area (Å²) in [4.78, 5) is 8.09. The molecule has 1 N–H and O–H groups in total. The van der Waals surface area contributed by atoms with Crippen molar-refractivity contribution in [2.75, 3.05) is 39.3 Å². The monoisotopic (exact) mass is 444 g/mol. The fourth-order valence-corrected chi connectivity index (χ4v) is 6.18. The summed E-state index contributed by atoms with van der Waals surface area (Å²) in [5.41, 5.74) is 1.51. The summed E-state index contributed by atoms with van der Waals surface area (Å²) in [5.74, 6) is 0.424. The summed E-state index contributed by atoms with van der Waals surface area (Å²) in [6.45, 7) is 8.81. The predicted octanol–water partition coefficient (Wildman–Crippen LogP) is 4.16. The van der Waals surface area contributed by atoms with E-state index in [1.165, 1.54) is 31.5 Å². The van der Waals surface area contributed by atoms with Crippen LogP contribution in [0.15, 0.2) is 60.8 Å². The van der Waals surface area contributed by atoms with E-state index in [1.54, 1.807) is 0 Å². The highest BCUT2D eigenvalue weighted by Crippen LogP contribution is 2.37. The van der Waals surface area contributed by atoms with E-state index in [-0.39, 0.29) is 5.54 Å². The van der Waals surface area contributed by atoms with Crippen LogP contribution in [0.2, 0.25) is 0 Å². The highest BCUT2D eigenvalue weighted by Gasteiger charge is 2.43. The van der Waals surface area contributed by atoms with Crippen molar-refractivity contribution in [1.29, 1.82) is 0 Å². The van der Waals surface area contributed by atoms with Crippen LogP contribution in [0.4, 0.5) is 0 Å². The standard InChI is InChI=1S/C28H36N4O/c33-27-26-9-5-4-8-24(26)21-31(27)22-28(32-18-16-30(17-19-32)25-10-11-25)12-14-29(15-13-28)20-23-6-2-1-3-7-23/h1-9,21,25,33H,10-20,22H2. The van der Waals surface area contributed by atoms with E-state index in [4.69, 9.17) is 0 Å². The van der Waals surface area contributed by atoms with Crippen molar-refractivity contribution in [1.82, 2.24) is 19.3 Å². The molecule has 3 aromatic rings. The number of aromatic nitrogens is 1. The number of hydrogen-bond donors (Lipinski definition) is 1. The number of benzene rings is 2. The third-order valence-corrected chi connectivity index (χ3v) is 8.32. The molecule has 5 nitrogen and oxygen atoms in total. The molecule has 3 fully saturated rings. The maximum atomic E-state index is 11.0. The molecular formula is C28H36N4O. The first-order valence-corrected chi connectivity index (χ1v) is 12.7. The van der Waals surface area contributed by atoms with Crippen LogP contribution < -0.4 is 0 Å². The van der Waals surface area contributed by atoms with Crippen LogP contribution in [0, 0.1) is 0 Å². The van der Waals surface area contributed by atoms with Crippen LogP contribution in [0.5, 0.6) is 5.88 Å². The number of fused-ring (bicyclic) bond motifs is 1. The minimum atomic E-state index is 0.106. The van der Waals surface area contributed by atoms with E-state index in [1.807, 2.05) is 12.1 Å². The van der Waals surface area contributed by atoms with Crippen molar-refractivity contribution in [3.8, 4) is 5.88 Å². The van der Waals surface area contributed by atoms with Crippen LogP contribution in [0.1, 0.15) is 31.2 Å². The number of nitrogens with zero attached hydrogens (tertiary/aromatic N) is 4. The van der Waals surface area contributed by atoms with Gasteiger partial charge in [0.1, 0.15) is 0 Å². The van der Waals surface area contributed by atoms with Gasteiger partial charge in [0, 0.05) is 80.9 Å². The molecule has 0 radical (unpaired) electrons. The molecule has 1 saturated carbocycles. The Balaban J connectivity index is 1.22. The minimum absolute atomic E-state index is 0.106. The Bertz CT molecular complexity index is 1070. The third-order valence-electron chi connectivity index (χ3n) is 8.32. The normalized spacial score (nSPS) is 22.7. The van der Waals surface area contributed by atoms with Gasteiger partial charge in [-0.3, -0.25) is 14.7 Å². The zero-order chi connectivity index (χ0) is 22.3. The second-order valence-corrected chi connectivity index (χ2v) is 10.4. The lowest BCUT2D eigenvalue weighted by Gasteiger charge is -2.52. The predicted molar refractivity (Wildman–Crippen MR) is 133 cm³/mol. The van der Waals surface area contributed by atoms with Crippen LogP contribution in [-0.4, -0.2) is 75.2 Å². The maximum absolute atomic E-state index is 11.0. The number of hydrogen-bond acceptors (Lipinski definition) is 4. The van der Waals surface area contributed by atoms with Crippen LogP contribution in [0.25, 0.3) is 10.8 Å². The Morgan fingerprint density at radius 2 is 1.52 bits per heavy atom. The maximum Gasteiger partial charge on any atom is 0.199 e. The molecule has 33 heavy (non-hydrogen) atoms. The summed E-state index contributed by atoms with van der Waals surface area (Å²) >= 11 is 0. The average Bonchev–Trinajstić information content (AvgIpc) is 3.67. The van der Waals surface area contributed by atoms with E-state index in [0.29, 0.717) is 5.88 Å². The molecule has 0 spiro atoms. The third kappa shape index (κ3) is 4.30. The van der Waals surface area contributed by atoms with Gasteiger partial charge in [-0.15, -0.1) is 0 Å². The molecule has 1 aromatic heterocycles. The molecule has 0 atom stereocenters. The van der Waals surface area contributed by atoms with Crippen LogP contribution in [0.3, 0.4) is 0 Å². The second kappa shape index (κ2) is 8.79. The molecule has 3 aliphatic rings. The zero-order valence-corrected chi connectivity index (χ0v) is 19.6. The molecular weight excluding hydrogens is 408 g/mol. The Morgan fingerprint density at radius 1 is 0.818 bits per heavy atom. The van der Waals surface area contributed by atoms with Crippen molar-refractivity contribution in [2.24, 2.45) is 0 Å². The topological polar surface area (TPSA) is 34.9 Å². The van der Waals surface area contributed by atoms with E-state index in [2.05, 4.69) is 67.9 Å². The lowest BCUT2D eigenvalue weighted by atomic mass is 9.84. The van der Waals surface area contributed by atoms with Crippen molar-refractivity contribution in [3.05, 3.63) is 66.4 Å². The molecule has 2 aromatic carbocycles. The lowest BCUT2D eigenvalue weighted by Crippen LogP contribution is -2.62. The molecule has 174 valence electrons. The van der Waals surface area contributed by atoms with E-state index >= 15 is 0 Å². The Morgan fingerprint density at radius 3 is 2.21 bits per heavy atom. The quantitative estimate of drug-likeness (QED) is 0.619. The summed E-state index contributed by atoms with van der Waals surface area (Å²) < 4.78 is 2.13. The van der Waals surface area contributed by atoms with Gasteiger partial charge < -0.3 is 9.67 Å². The lowest BCUT2D eigenvalue weighted by molar-refractivity contribution is -0.0247. The van der Waals surface area contributed by atoms with Crippen molar-refractivity contribution in [2.45, 2.75) is 50.4 Å². The van der Waals surface area contributed by atoms with E-state index in [0.717, 1.165) is 68.9 Å². The number of piperidine rings is 1. The molecule has 0 bridgehead atoms. The summed E-state index contributed by atoms with van der Waals surface area (Å²) in [5, 5.41) is 13.1. The smallest absolute Gasteiger partial charge is 0.199 e. The first-order valence-electron chi connectivity index (χ1n) is 12.7. The first-order chi connectivity index (χ1) is 16.2. The van der Waals surface area contributed by atoms with Gasteiger partial charge in [0.25, 0.3) is 0 Å². The molecule has 2 saturated heterocycles. The fraction of sp³-hybridized carbons (Fsp3) is 0.500. The van der Waals surface area contributed by atoms with E-state index in [9.17, 15) is 5.11 Å². The van der Waals surface area contributed by atoms with Gasteiger partial charge in [0.15, 0.2) is 5.88 Å².